The van der Waals surface area contributed by atoms with Crippen LogP contribution >= 0.6 is 23.2 Å². The number of carbonyl (C=O) groups is 1. The Labute approximate surface area is 194 Å². The number of nitrogens with zero attached hydrogens (tertiary/aromatic N) is 1. The van der Waals surface area contributed by atoms with Gasteiger partial charge in [0.25, 0.3) is 5.91 Å². The van der Waals surface area contributed by atoms with Crippen molar-refractivity contribution in [1.29, 1.82) is 0 Å². The zero-order valence-electron chi connectivity index (χ0n) is 18.1. The Kier molecular flexibility index (Phi) is 6.94. The second-order valence-corrected chi connectivity index (χ2v) is 12.0. The van der Waals surface area contributed by atoms with Gasteiger partial charge in [-0.25, -0.2) is 8.42 Å². The van der Waals surface area contributed by atoms with E-state index in [0.29, 0.717) is 24.3 Å². The van der Waals surface area contributed by atoms with Gasteiger partial charge in [-0.2, -0.15) is 0 Å². The number of amides is 1. The summed E-state index contributed by atoms with van der Waals surface area (Å²) in [6, 6.07) is 10.7. The van der Waals surface area contributed by atoms with Crippen LogP contribution in [0.15, 0.2) is 36.4 Å². The quantitative estimate of drug-likeness (QED) is 0.591. The lowest BCUT2D eigenvalue weighted by Crippen LogP contribution is -2.40. The third kappa shape index (κ3) is 5.54. The van der Waals surface area contributed by atoms with E-state index in [9.17, 15) is 13.2 Å². The van der Waals surface area contributed by atoms with Crippen molar-refractivity contribution in [3.8, 4) is 5.75 Å². The Morgan fingerprint density at radius 2 is 1.71 bits per heavy atom. The van der Waals surface area contributed by atoms with Gasteiger partial charge >= 0.3 is 0 Å². The molecule has 168 valence electrons. The Hall–Kier alpha value is -1.76. The fourth-order valence-electron chi connectivity index (χ4n) is 3.74. The fraction of sp³-hybridized carbons (Fsp3) is 0.435. The fourth-order valence-corrected chi connectivity index (χ4v) is 6.11. The second kappa shape index (κ2) is 9.00. The van der Waals surface area contributed by atoms with Crippen LogP contribution in [0.25, 0.3) is 0 Å². The summed E-state index contributed by atoms with van der Waals surface area (Å²) in [5, 5.41) is 0.457. The van der Waals surface area contributed by atoms with E-state index in [2.05, 4.69) is 20.8 Å². The van der Waals surface area contributed by atoms with Gasteiger partial charge in [-0.3, -0.25) is 4.79 Å². The van der Waals surface area contributed by atoms with Crippen LogP contribution in [0.4, 0.5) is 0 Å². The lowest BCUT2D eigenvalue weighted by Gasteiger charge is -2.29. The molecule has 0 bridgehead atoms. The third-order valence-corrected chi connectivity index (χ3v) is 7.84. The van der Waals surface area contributed by atoms with E-state index in [1.165, 1.54) is 24.8 Å². The van der Waals surface area contributed by atoms with E-state index in [1.54, 1.807) is 4.90 Å². The van der Waals surface area contributed by atoms with Gasteiger partial charge in [0.2, 0.25) is 0 Å². The smallest absolute Gasteiger partial charge is 0.254 e. The van der Waals surface area contributed by atoms with Crippen LogP contribution in [-0.2, 0) is 21.8 Å². The molecule has 1 aliphatic heterocycles. The van der Waals surface area contributed by atoms with Crippen LogP contribution < -0.4 is 4.74 Å². The van der Waals surface area contributed by atoms with Crippen molar-refractivity contribution < 1.29 is 17.9 Å². The van der Waals surface area contributed by atoms with Crippen molar-refractivity contribution in [2.24, 2.45) is 0 Å². The number of methoxy groups -OCH3 is 1. The molecule has 5 nitrogen and oxygen atoms in total. The first kappa shape index (κ1) is 23.9. The van der Waals surface area contributed by atoms with E-state index >= 15 is 0 Å². The maximum atomic E-state index is 13.5. The SMILES string of the molecule is COc1c(Cl)cc(C(=O)N(Cc2ccc(C(C)(C)C)cc2)C2CCS(=O)(=O)C2)cc1Cl. The average molecular weight is 484 g/mol. The standard InChI is InChI=1S/C23H27Cl2NO4S/c1-23(2,3)17-7-5-15(6-8-17)13-26(18-9-10-31(28,29)14-18)22(27)16-11-19(24)21(30-4)20(25)12-16/h5-8,11-12,18H,9-10,13-14H2,1-4H3. The molecule has 0 aliphatic carbocycles. The first-order chi connectivity index (χ1) is 14.4. The van der Waals surface area contributed by atoms with Gasteiger partial charge in [0.15, 0.2) is 15.6 Å². The predicted molar refractivity (Wildman–Crippen MR) is 125 cm³/mol. The minimum absolute atomic E-state index is 0.0180. The molecule has 1 unspecified atom stereocenters. The van der Waals surface area contributed by atoms with Gasteiger partial charge in [-0.05, 0) is 35.1 Å². The van der Waals surface area contributed by atoms with Crippen LogP contribution in [0.1, 0.15) is 48.7 Å². The van der Waals surface area contributed by atoms with Crippen molar-refractivity contribution in [2.45, 2.75) is 45.2 Å². The molecule has 0 saturated carbocycles. The number of ether oxygens (including phenoxy) is 1. The lowest BCUT2D eigenvalue weighted by atomic mass is 9.86. The van der Waals surface area contributed by atoms with Crippen LogP contribution in [0.2, 0.25) is 10.0 Å². The highest BCUT2D eigenvalue weighted by molar-refractivity contribution is 7.91. The molecule has 0 spiro atoms. The molecule has 1 atom stereocenters. The van der Waals surface area contributed by atoms with E-state index < -0.39 is 15.9 Å². The van der Waals surface area contributed by atoms with Crippen molar-refractivity contribution in [3.63, 3.8) is 0 Å². The number of hydrogen-bond donors (Lipinski definition) is 0. The van der Waals surface area contributed by atoms with Gasteiger partial charge in [0, 0.05) is 18.2 Å². The average Bonchev–Trinajstić information content (AvgIpc) is 3.04. The number of rotatable bonds is 5. The van der Waals surface area contributed by atoms with E-state index in [-0.39, 0.29) is 32.9 Å². The highest BCUT2D eigenvalue weighted by Gasteiger charge is 2.35. The molecule has 8 heteroatoms. The van der Waals surface area contributed by atoms with Crippen LogP contribution in [0, 0.1) is 0 Å². The van der Waals surface area contributed by atoms with Crippen molar-refractivity contribution in [2.75, 3.05) is 18.6 Å². The Morgan fingerprint density at radius 3 is 2.16 bits per heavy atom. The number of hydrogen-bond acceptors (Lipinski definition) is 4. The first-order valence-corrected chi connectivity index (χ1v) is 12.6. The summed E-state index contributed by atoms with van der Waals surface area (Å²) in [7, 11) is -1.72. The molecule has 1 aliphatic rings. The summed E-state index contributed by atoms with van der Waals surface area (Å²) < 4.78 is 29.4. The second-order valence-electron chi connectivity index (χ2n) is 8.91. The molecule has 1 saturated heterocycles. The zero-order valence-corrected chi connectivity index (χ0v) is 20.4. The molecule has 1 fully saturated rings. The molecule has 0 N–H and O–H groups in total. The third-order valence-electron chi connectivity index (χ3n) is 5.53. The molecule has 1 heterocycles. The maximum Gasteiger partial charge on any atom is 0.254 e. The molecular weight excluding hydrogens is 457 g/mol. The first-order valence-electron chi connectivity index (χ1n) is 10.0. The Morgan fingerprint density at radius 1 is 1.13 bits per heavy atom. The number of carbonyl (C=O) groups excluding carboxylic acids is 1. The highest BCUT2D eigenvalue weighted by Crippen LogP contribution is 2.35. The number of benzene rings is 2. The van der Waals surface area contributed by atoms with Gasteiger partial charge in [-0.1, -0.05) is 68.2 Å². The number of sulfone groups is 1. The molecule has 31 heavy (non-hydrogen) atoms. The molecular formula is C23H27Cl2NO4S. The van der Waals surface area contributed by atoms with Gasteiger partial charge < -0.3 is 9.64 Å². The molecule has 2 aromatic carbocycles. The molecule has 1 amide bonds. The van der Waals surface area contributed by atoms with E-state index in [0.717, 1.165) is 5.56 Å². The summed E-state index contributed by atoms with van der Waals surface area (Å²) >= 11 is 12.5. The number of halogens is 2. The monoisotopic (exact) mass is 483 g/mol. The summed E-state index contributed by atoms with van der Waals surface area (Å²) in [5.74, 6) is 0.0198. The topological polar surface area (TPSA) is 63.7 Å². The Balaban J connectivity index is 1.94. The normalized spacial score (nSPS) is 18.1. The zero-order chi connectivity index (χ0) is 23.0. The minimum atomic E-state index is -3.17. The summed E-state index contributed by atoms with van der Waals surface area (Å²) in [5.41, 5.74) is 2.43. The maximum absolute atomic E-state index is 13.5. The van der Waals surface area contributed by atoms with Crippen molar-refractivity contribution >= 4 is 38.9 Å². The van der Waals surface area contributed by atoms with Crippen LogP contribution in [0.3, 0.4) is 0 Å². The minimum Gasteiger partial charge on any atom is -0.494 e. The highest BCUT2D eigenvalue weighted by atomic mass is 35.5. The molecule has 3 rings (SSSR count). The van der Waals surface area contributed by atoms with Crippen molar-refractivity contribution in [1.82, 2.24) is 4.90 Å². The molecule has 2 aromatic rings. The molecule has 0 radical (unpaired) electrons. The van der Waals surface area contributed by atoms with Gasteiger partial charge in [0.1, 0.15) is 0 Å². The summed E-state index contributed by atoms with van der Waals surface area (Å²) in [6.07, 6.45) is 0.408. The van der Waals surface area contributed by atoms with Gasteiger partial charge in [0.05, 0.1) is 28.7 Å². The van der Waals surface area contributed by atoms with Crippen molar-refractivity contribution in [3.05, 3.63) is 63.1 Å². The Bertz CT molecular complexity index is 1050. The molecule has 0 aromatic heterocycles. The van der Waals surface area contributed by atoms with Crippen LogP contribution in [0.5, 0.6) is 5.75 Å². The predicted octanol–water partition coefficient (Wildman–Crippen LogP) is 5.13. The van der Waals surface area contributed by atoms with Crippen LogP contribution in [-0.4, -0.2) is 43.9 Å². The summed E-state index contributed by atoms with van der Waals surface area (Å²) in [6.45, 7) is 6.71. The van der Waals surface area contributed by atoms with Gasteiger partial charge in [-0.15, -0.1) is 0 Å². The summed E-state index contributed by atoms with van der Waals surface area (Å²) in [4.78, 5) is 15.1. The lowest BCUT2D eigenvalue weighted by molar-refractivity contribution is 0.0681. The van der Waals surface area contributed by atoms with E-state index in [1.807, 2.05) is 24.3 Å². The van der Waals surface area contributed by atoms with E-state index in [4.69, 9.17) is 27.9 Å². The largest absolute Gasteiger partial charge is 0.494 e.